The molecule has 3 aliphatic rings. The fraction of sp³-hybridized carbons (Fsp3) is 1.00. The maximum Gasteiger partial charge on any atom is 0.0661 e. The molecule has 0 radical (unpaired) electrons. The van der Waals surface area contributed by atoms with E-state index < -0.39 is 0 Å². The molecular weight excluding hydrogens is 246 g/mol. The molecule has 1 N–H and O–H groups in total. The Kier molecular flexibility index (Phi) is 4.42. The summed E-state index contributed by atoms with van der Waals surface area (Å²) < 4.78 is 6.03. The van der Waals surface area contributed by atoms with Crippen LogP contribution in [0.1, 0.15) is 78.1 Å². The highest BCUT2D eigenvalue weighted by Crippen LogP contribution is 2.55. The second-order valence-electron chi connectivity index (χ2n) is 7.61. The van der Waals surface area contributed by atoms with E-state index in [1.54, 1.807) is 0 Å². The van der Waals surface area contributed by atoms with Gasteiger partial charge in [0.1, 0.15) is 0 Å². The monoisotopic (exact) mass is 279 g/mol. The minimum atomic E-state index is 0.504. The standard InChI is InChI=1S/C18H33NO/c1-3-17(9-5-6-10-17)14-19-15-13-16(20-4-2)18(15)11-7-8-12-18/h15-16,19H,3-14H2,1-2H3. The van der Waals surface area contributed by atoms with Crippen LogP contribution in [0.15, 0.2) is 0 Å². The average Bonchev–Trinajstić information content (AvgIpc) is 3.12. The van der Waals surface area contributed by atoms with E-state index in [9.17, 15) is 0 Å². The van der Waals surface area contributed by atoms with Gasteiger partial charge >= 0.3 is 0 Å². The van der Waals surface area contributed by atoms with Crippen molar-refractivity contribution in [2.75, 3.05) is 13.2 Å². The van der Waals surface area contributed by atoms with Gasteiger partial charge in [-0.05, 0) is 50.9 Å². The Morgan fingerprint density at radius 2 is 1.65 bits per heavy atom. The highest BCUT2D eigenvalue weighted by atomic mass is 16.5. The van der Waals surface area contributed by atoms with Gasteiger partial charge in [-0.2, -0.15) is 0 Å². The zero-order valence-electron chi connectivity index (χ0n) is 13.5. The molecule has 3 aliphatic carbocycles. The minimum Gasteiger partial charge on any atom is -0.378 e. The Labute approximate surface area is 125 Å². The first-order chi connectivity index (χ1) is 9.75. The van der Waals surface area contributed by atoms with Gasteiger partial charge in [-0.1, -0.05) is 32.6 Å². The number of rotatable bonds is 6. The largest absolute Gasteiger partial charge is 0.378 e. The topological polar surface area (TPSA) is 21.3 Å². The van der Waals surface area contributed by atoms with Crippen LogP contribution in [0.2, 0.25) is 0 Å². The molecule has 2 nitrogen and oxygen atoms in total. The van der Waals surface area contributed by atoms with Crippen LogP contribution in [-0.4, -0.2) is 25.3 Å². The molecule has 2 heteroatoms. The molecule has 3 fully saturated rings. The molecule has 0 aromatic rings. The fourth-order valence-corrected chi connectivity index (χ4v) is 5.29. The SMILES string of the molecule is CCOC1CC(NCC2(CC)CCCC2)C12CCCC2. The maximum absolute atomic E-state index is 6.03. The number of hydrogen-bond acceptors (Lipinski definition) is 2. The van der Waals surface area contributed by atoms with Crippen LogP contribution >= 0.6 is 0 Å². The van der Waals surface area contributed by atoms with E-state index in [4.69, 9.17) is 4.74 Å². The molecule has 1 spiro atoms. The summed E-state index contributed by atoms with van der Waals surface area (Å²) in [6.45, 7) is 6.68. The Morgan fingerprint density at radius 3 is 2.25 bits per heavy atom. The van der Waals surface area contributed by atoms with Gasteiger partial charge in [-0.25, -0.2) is 0 Å². The Hall–Kier alpha value is -0.0800. The van der Waals surface area contributed by atoms with Crippen LogP contribution in [0, 0.1) is 10.8 Å². The normalized spacial score (nSPS) is 34.5. The summed E-state index contributed by atoms with van der Waals surface area (Å²) in [5.74, 6) is 0. The van der Waals surface area contributed by atoms with Gasteiger partial charge in [-0.3, -0.25) is 0 Å². The van der Waals surface area contributed by atoms with Crippen molar-refractivity contribution in [1.82, 2.24) is 5.32 Å². The lowest BCUT2D eigenvalue weighted by molar-refractivity contribution is -0.131. The molecule has 3 saturated carbocycles. The van der Waals surface area contributed by atoms with Gasteiger partial charge in [0.25, 0.3) is 0 Å². The molecule has 0 saturated heterocycles. The third-order valence-corrected chi connectivity index (χ3v) is 6.82. The highest BCUT2D eigenvalue weighted by Gasteiger charge is 2.56. The maximum atomic E-state index is 6.03. The third-order valence-electron chi connectivity index (χ3n) is 6.82. The van der Waals surface area contributed by atoms with Crippen LogP contribution in [0.25, 0.3) is 0 Å². The van der Waals surface area contributed by atoms with Gasteiger partial charge in [0, 0.05) is 24.6 Å². The Bertz CT molecular complexity index is 315. The van der Waals surface area contributed by atoms with Crippen LogP contribution in [0.3, 0.4) is 0 Å². The minimum absolute atomic E-state index is 0.504. The first-order valence-electron chi connectivity index (χ1n) is 9.10. The lowest BCUT2D eigenvalue weighted by Gasteiger charge is -2.55. The lowest BCUT2D eigenvalue weighted by atomic mass is 9.60. The lowest BCUT2D eigenvalue weighted by Crippen LogP contribution is -2.63. The van der Waals surface area contributed by atoms with Crippen LogP contribution in [-0.2, 0) is 4.74 Å². The number of hydrogen-bond donors (Lipinski definition) is 1. The zero-order valence-corrected chi connectivity index (χ0v) is 13.5. The van der Waals surface area contributed by atoms with E-state index in [0.717, 1.165) is 12.6 Å². The Balaban J connectivity index is 1.58. The van der Waals surface area contributed by atoms with Crippen molar-refractivity contribution in [3.05, 3.63) is 0 Å². The van der Waals surface area contributed by atoms with Crippen molar-refractivity contribution in [2.45, 2.75) is 90.2 Å². The summed E-state index contributed by atoms with van der Waals surface area (Å²) in [6, 6.07) is 0.741. The predicted molar refractivity (Wildman–Crippen MR) is 83.9 cm³/mol. The smallest absolute Gasteiger partial charge is 0.0661 e. The van der Waals surface area contributed by atoms with Gasteiger partial charge in [0.05, 0.1) is 6.10 Å². The summed E-state index contributed by atoms with van der Waals surface area (Å²) in [7, 11) is 0. The molecule has 0 amide bonds. The van der Waals surface area contributed by atoms with Crippen LogP contribution in [0.5, 0.6) is 0 Å². The van der Waals surface area contributed by atoms with Gasteiger partial charge in [0.15, 0.2) is 0 Å². The molecule has 20 heavy (non-hydrogen) atoms. The molecule has 3 rings (SSSR count). The van der Waals surface area contributed by atoms with Gasteiger partial charge in [0.2, 0.25) is 0 Å². The van der Waals surface area contributed by atoms with Crippen molar-refractivity contribution in [3.63, 3.8) is 0 Å². The quantitative estimate of drug-likeness (QED) is 0.783. The number of ether oxygens (including phenoxy) is 1. The molecule has 0 bridgehead atoms. The summed E-state index contributed by atoms with van der Waals surface area (Å²) in [5, 5.41) is 3.99. The summed E-state index contributed by atoms with van der Waals surface area (Å²) in [6.07, 6.45) is 14.6. The number of nitrogens with one attached hydrogen (secondary N) is 1. The van der Waals surface area contributed by atoms with E-state index in [1.165, 1.54) is 70.8 Å². The van der Waals surface area contributed by atoms with Crippen molar-refractivity contribution in [1.29, 1.82) is 0 Å². The molecule has 0 heterocycles. The van der Waals surface area contributed by atoms with Crippen molar-refractivity contribution >= 4 is 0 Å². The van der Waals surface area contributed by atoms with Crippen LogP contribution in [0.4, 0.5) is 0 Å². The fourth-order valence-electron chi connectivity index (χ4n) is 5.29. The molecule has 2 unspecified atom stereocenters. The van der Waals surface area contributed by atoms with Gasteiger partial charge < -0.3 is 10.1 Å². The van der Waals surface area contributed by atoms with E-state index in [-0.39, 0.29) is 0 Å². The van der Waals surface area contributed by atoms with Crippen LogP contribution < -0.4 is 5.32 Å². The van der Waals surface area contributed by atoms with Crippen molar-refractivity contribution in [3.8, 4) is 0 Å². The molecule has 0 aliphatic heterocycles. The van der Waals surface area contributed by atoms with Crippen molar-refractivity contribution in [2.24, 2.45) is 10.8 Å². The molecule has 0 aromatic carbocycles. The second-order valence-corrected chi connectivity index (χ2v) is 7.61. The molecule has 116 valence electrons. The van der Waals surface area contributed by atoms with E-state index in [0.29, 0.717) is 16.9 Å². The molecule has 0 aromatic heterocycles. The highest BCUT2D eigenvalue weighted by molar-refractivity contribution is 5.10. The summed E-state index contributed by atoms with van der Waals surface area (Å²) in [5.41, 5.74) is 1.13. The third kappa shape index (κ3) is 2.43. The Morgan fingerprint density at radius 1 is 1.00 bits per heavy atom. The molecule has 2 atom stereocenters. The van der Waals surface area contributed by atoms with Crippen molar-refractivity contribution < 1.29 is 4.74 Å². The first kappa shape index (κ1) is 14.8. The average molecular weight is 279 g/mol. The molecular formula is C18H33NO. The summed E-state index contributed by atoms with van der Waals surface area (Å²) in [4.78, 5) is 0. The predicted octanol–water partition coefficient (Wildman–Crippen LogP) is 4.28. The zero-order chi connectivity index (χ0) is 14.1. The summed E-state index contributed by atoms with van der Waals surface area (Å²) >= 11 is 0. The van der Waals surface area contributed by atoms with E-state index in [2.05, 4.69) is 19.2 Å². The second kappa shape index (κ2) is 5.96. The van der Waals surface area contributed by atoms with E-state index >= 15 is 0 Å². The van der Waals surface area contributed by atoms with Gasteiger partial charge in [-0.15, -0.1) is 0 Å². The van der Waals surface area contributed by atoms with E-state index in [1.807, 2.05) is 0 Å². The first-order valence-corrected chi connectivity index (χ1v) is 9.10.